The third kappa shape index (κ3) is 6.80. The number of nitrogens with zero attached hydrogens (tertiary/aromatic N) is 1. The average molecular weight is 300 g/mol. The molecule has 0 aromatic rings. The van der Waals surface area contributed by atoms with Crippen LogP contribution < -0.4 is 5.32 Å². The topological polar surface area (TPSA) is 78.9 Å². The highest BCUT2D eigenvalue weighted by Crippen LogP contribution is 2.10. The van der Waals surface area contributed by atoms with Gasteiger partial charge in [-0.15, -0.1) is 0 Å². The highest BCUT2D eigenvalue weighted by Gasteiger charge is 2.21. The summed E-state index contributed by atoms with van der Waals surface area (Å²) < 4.78 is 5.52. The molecular formula is C15H28N2O4. The molecule has 0 radical (unpaired) electrons. The van der Waals surface area contributed by atoms with E-state index in [1.54, 1.807) is 11.8 Å². The van der Waals surface area contributed by atoms with E-state index < -0.39 is 5.97 Å². The minimum atomic E-state index is -0.759. The van der Waals surface area contributed by atoms with Crippen LogP contribution in [0.15, 0.2) is 0 Å². The highest BCUT2D eigenvalue weighted by atomic mass is 16.5. The lowest BCUT2D eigenvalue weighted by Crippen LogP contribution is -2.46. The molecule has 1 heterocycles. The Morgan fingerprint density at radius 3 is 2.76 bits per heavy atom. The van der Waals surface area contributed by atoms with Crippen LogP contribution in [-0.2, 0) is 9.53 Å². The lowest BCUT2D eigenvalue weighted by molar-refractivity contribution is -0.141. The molecule has 2 N–H and O–H groups in total. The summed E-state index contributed by atoms with van der Waals surface area (Å²) in [6.07, 6.45) is 3.18. The smallest absolute Gasteiger partial charge is 0.317 e. The highest BCUT2D eigenvalue weighted by molar-refractivity contribution is 5.74. The zero-order valence-electron chi connectivity index (χ0n) is 13.3. The normalized spacial score (nSPS) is 22.2. The van der Waals surface area contributed by atoms with Crippen molar-refractivity contribution in [2.75, 3.05) is 19.7 Å². The van der Waals surface area contributed by atoms with Crippen LogP contribution in [0.1, 0.15) is 46.5 Å². The molecule has 0 aromatic heterocycles. The zero-order valence-corrected chi connectivity index (χ0v) is 13.3. The number of ether oxygens (including phenoxy) is 1. The van der Waals surface area contributed by atoms with Crippen LogP contribution >= 0.6 is 0 Å². The van der Waals surface area contributed by atoms with Crippen LogP contribution in [0.5, 0.6) is 0 Å². The number of amides is 2. The van der Waals surface area contributed by atoms with Gasteiger partial charge in [0.15, 0.2) is 0 Å². The first-order chi connectivity index (χ1) is 9.90. The Bertz CT molecular complexity index is 349. The Morgan fingerprint density at radius 2 is 2.10 bits per heavy atom. The quantitative estimate of drug-likeness (QED) is 0.787. The summed E-state index contributed by atoms with van der Waals surface area (Å²) in [5.74, 6) is -1.08. The Balaban J connectivity index is 2.27. The van der Waals surface area contributed by atoms with Gasteiger partial charge in [0, 0.05) is 25.7 Å². The molecule has 6 heteroatoms. The average Bonchev–Trinajstić information content (AvgIpc) is 2.63. The Morgan fingerprint density at radius 1 is 1.38 bits per heavy atom. The molecule has 0 spiro atoms. The van der Waals surface area contributed by atoms with Crippen molar-refractivity contribution in [2.24, 2.45) is 5.92 Å². The Hall–Kier alpha value is -1.30. The second-order valence-corrected chi connectivity index (χ2v) is 6.00. The number of rotatable bonds is 6. The number of aliphatic carboxylic acids is 1. The van der Waals surface area contributed by atoms with Gasteiger partial charge < -0.3 is 20.1 Å². The summed E-state index contributed by atoms with van der Waals surface area (Å²) in [7, 11) is 0. The summed E-state index contributed by atoms with van der Waals surface area (Å²) in [5.41, 5.74) is 0. The molecule has 3 atom stereocenters. The number of nitrogens with one attached hydrogen (secondary N) is 1. The first-order valence-corrected chi connectivity index (χ1v) is 7.80. The zero-order chi connectivity index (χ0) is 15.8. The van der Waals surface area contributed by atoms with Gasteiger partial charge in [0.1, 0.15) is 0 Å². The largest absolute Gasteiger partial charge is 0.481 e. The SMILES string of the molecule is CC(CCCC(C)C(=O)O)NC(=O)N1CCCOC(C)C1. The molecule has 0 saturated carbocycles. The molecule has 1 aliphatic rings. The fourth-order valence-electron chi connectivity index (χ4n) is 2.41. The maximum atomic E-state index is 12.2. The lowest BCUT2D eigenvalue weighted by Gasteiger charge is -2.25. The van der Waals surface area contributed by atoms with E-state index in [1.165, 1.54) is 0 Å². The van der Waals surface area contributed by atoms with E-state index in [-0.39, 0.29) is 24.1 Å². The number of carbonyl (C=O) groups excluding carboxylic acids is 1. The van der Waals surface area contributed by atoms with Crippen molar-refractivity contribution in [3.05, 3.63) is 0 Å². The van der Waals surface area contributed by atoms with Crippen molar-refractivity contribution in [3.8, 4) is 0 Å². The van der Waals surface area contributed by atoms with Crippen molar-refractivity contribution in [1.82, 2.24) is 10.2 Å². The van der Waals surface area contributed by atoms with Gasteiger partial charge in [0.25, 0.3) is 0 Å². The van der Waals surface area contributed by atoms with Crippen molar-refractivity contribution in [3.63, 3.8) is 0 Å². The van der Waals surface area contributed by atoms with E-state index in [9.17, 15) is 9.59 Å². The number of urea groups is 1. The number of hydrogen-bond acceptors (Lipinski definition) is 3. The predicted molar refractivity (Wildman–Crippen MR) is 80.2 cm³/mol. The maximum Gasteiger partial charge on any atom is 0.317 e. The van der Waals surface area contributed by atoms with Crippen molar-refractivity contribution >= 4 is 12.0 Å². The summed E-state index contributed by atoms with van der Waals surface area (Å²) in [4.78, 5) is 24.7. The summed E-state index contributed by atoms with van der Waals surface area (Å²) in [6, 6.07) is 0.00380. The fourth-order valence-corrected chi connectivity index (χ4v) is 2.41. The monoisotopic (exact) mass is 300 g/mol. The lowest BCUT2D eigenvalue weighted by atomic mass is 10.0. The molecule has 0 aromatic carbocycles. The third-order valence-electron chi connectivity index (χ3n) is 3.81. The van der Waals surface area contributed by atoms with Gasteiger partial charge in [0.2, 0.25) is 0 Å². The molecular weight excluding hydrogens is 272 g/mol. The standard InChI is InChI=1S/C15H28N2O4/c1-11(14(18)19)6-4-7-12(2)16-15(20)17-8-5-9-21-13(3)10-17/h11-13H,4-10H2,1-3H3,(H,16,20)(H,18,19). The fraction of sp³-hybridized carbons (Fsp3) is 0.867. The first kappa shape index (κ1) is 17.8. The second-order valence-electron chi connectivity index (χ2n) is 6.00. The van der Waals surface area contributed by atoms with E-state index >= 15 is 0 Å². The summed E-state index contributed by atoms with van der Waals surface area (Å²) in [6.45, 7) is 7.69. The van der Waals surface area contributed by atoms with Gasteiger partial charge in [0.05, 0.1) is 12.0 Å². The van der Waals surface area contributed by atoms with Crippen LogP contribution in [0, 0.1) is 5.92 Å². The number of carboxylic acid groups (broad SMARTS) is 1. The van der Waals surface area contributed by atoms with Gasteiger partial charge in [-0.2, -0.15) is 0 Å². The number of hydrogen-bond donors (Lipinski definition) is 2. The molecule has 6 nitrogen and oxygen atoms in total. The van der Waals surface area contributed by atoms with Crippen LogP contribution in [0.3, 0.4) is 0 Å². The van der Waals surface area contributed by atoms with Gasteiger partial charge in [-0.05, 0) is 33.1 Å². The molecule has 0 aliphatic carbocycles. The van der Waals surface area contributed by atoms with E-state index in [1.807, 2.05) is 13.8 Å². The van der Waals surface area contributed by atoms with Crippen molar-refractivity contribution < 1.29 is 19.4 Å². The third-order valence-corrected chi connectivity index (χ3v) is 3.81. The van der Waals surface area contributed by atoms with Crippen molar-refractivity contribution in [1.29, 1.82) is 0 Å². The molecule has 1 aliphatic heterocycles. The van der Waals surface area contributed by atoms with Crippen LogP contribution in [-0.4, -0.2) is 53.8 Å². The van der Waals surface area contributed by atoms with E-state index in [0.717, 1.165) is 25.8 Å². The molecule has 21 heavy (non-hydrogen) atoms. The van der Waals surface area contributed by atoms with Gasteiger partial charge in [-0.25, -0.2) is 4.79 Å². The van der Waals surface area contributed by atoms with Crippen LogP contribution in [0.4, 0.5) is 4.79 Å². The first-order valence-electron chi connectivity index (χ1n) is 7.80. The van der Waals surface area contributed by atoms with E-state index in [2.05, 4.69) is 5.32 Å². The number of carbonyl (C=O) groups is 2. The molecule has 122 valence electrons. The predicted octanol–water partition coefficient (Wildman–Crippen LogP) is 2.09. The van der Waals surface area contributed by atoms with Gasteiger partial charge in [-0.3, -0.25) is 4.79 Å². The minimum absolute atomic E-state index is 0.0499. The molecule has 2 amide bonds. The maximum absolute atomic E-state index is 12.2. The summed E-state index contributed by atoms with van der Waals surface area (Å²) >= 11 is 0. The van der Waals surface area contributed by atoms with Gasteiger partial charge in [-0.1, -0.05) is 13.3 Å². The van der Waals surface area contributed by atoms with Crippen LogP contribution in [0.2, 0.25) is 0 Å². The summed E-state index contributed by atoms with van der Waals surface area (Å²) in [5, 5.41) is 11.8. The van der Waals surface area contributed by atoms with E-state index in [0.29, 0.717) is 19.6 Å². The van der Waals surface area contributed by atoms with Crippen LogP contribution in [0.25, 0.3) is 0 Å². The Kier molecular flexibility index (Phi) is 7.50. The molecule has 1 rings (SSSR count). The van der Waals surface area contributed by atoms with E-state index in [4.69, 9.17) is 9.84 Å². The molecule has 1 saturated heterocycles. The molecule has 1 fully saturated rings. The van der Waals surface area contributed by atoms with Crippen molar-refractivity contribution in [2.45, 2.75) is 58.6 Å². The molecule has 3 unspecified atom stereocenters. The number of carboxylic acids is 1. The molecule has 0 bridgehead atoms. The van der Waals surface area contributed by atoms with Gasteiger partial charge >= 0.3 is 12.0 Å². The minimum Gasteiger partial charge on any atom is -0.481 e. The second kappa shape index (κ2) is 8.87. The Labute approximate surface area is 126 Å².